The molecule has 0 saturated carbocycles. The van der Waals surface area contributed by atoms with Crippen molar-refractivity contribution in [3.63, 3.8) is 0 Å². The molecule has 0 aliphatic heterocycles. The van der Waals surface area contributed by atoms with Crippen LogP contribution in [0.15, 0.2) is 4.99 Å². The van der Waals surface area contributed by atoms with E-state index in [1.54, 1.807) is 14.0 Å². The van der Waals surface area contributed by atoms with Crippen LogP contribution >= 0.6 is 0 Å². The van der Waals surface area contributed by atoms with Crippen molar-refractivity contribution in [2.75, 3.05) is 7.05 Å². The molecule has 0 amide bonds. The third kappa shape index (κ3) is 5.21. The zero-order valence-corrected chi connectivity index (χ0v) is 6.27. The molecule has 0 aliphatic carbocycles. The van der Waals surface area contributed by atoms with Crippen molar-refractivity contribution in [2.45, 2.75) is 26.7 Å². The maximum Gasteiger partial charge on any atom is 0.130 e. The van der Waals surface area contributed by atoms with Crippen molar-refractivity contribution in [3.05, 3.63) is 0 Å². The van der Waals surface area contributed by atoms with Crippen LogP contribution in [-0.2, 0) is 4.79 Å². The Morgan fingerprint density at radius 1 is 1.33 bits per heavy atom. The molecule has 0 spiro atoms. The fourth-order valence-corrected chi connectivity index (χ4v) is 0.469. The van der Waals surface area contributed by atoms with Gasteiger partial charge in [0, 0.05) is 19.2 Å². The van der Waals surface area contributed by atoms with Crippen molar-refractivity contribution >= 4 is 11.5 Å². The quantitative estimate of drug-likeness (QED) is 0.527. The van der Waals surface area contributed by atoms with Gasteiger partial charge in [0.25, 0.3) is 0 Å². The van der Waals surface area contributed by atoms with Crippen LogP contribution in [0.25, 0.3) is 0 Å². The van der Waals surface area contributed by atoms with Crippen molar-refractivity contribution in [2.24, 2.45) is 4.99 Å². The topological polar surface area (TPSA) is 29.4 Å². The lowest BCUT2D eigenvalue weighted by molar-refractivity contribution is -0.116. The van der Waals surface area contributed by atoms with Crippen LogP contribution in [0.4, 0.5) is 0 Å². The molecular weight excluding hydrogens is 114 g/mol. The Labute approximate surface area is 56.0 Å². The summed E-state index contributed by atoms with van der Waals surface area (Å²) in [6.07, 6.45) is 1.44. The molecule has 0 aromatic carbocycles. The molecule has 0 heterocycles. The van der Waals surface area contributed by atoms with E-state index in [0.717, 1.165) is 12.1 Å². The van der Waals surface area contributed by atoms with E-state index in [-0.39, 0.29) is 5.78 Å². The molecular formula is C7H13NO. The van der Waals surface area contributed by atoms with E-state index in [0.29, 0.717) is 6.42 Å². The summed E-state index contributed by atoms with van der Waals surface area (Å²) in [5, 5.41) is 0. The smallest absolute Gasteiger partial charge is 0.130 e. The summed E-state index contributed by atoms with van der Waals surface area (Å²) in [6, 6.07) is 0. The van der Waals surface area contributed by atoms with Crippen LogP contribution in [0.5, 0.6) is 0 Å². The molecule has 0 atom stereocenters. The number of hydrogen-bond donors (Lipinski definition) is 0. The van der Waals surface area contributed by atoms with Crippen LogP contribution < -0.4 is 0 Å². The lowest BCUT2D eigenvalue weighted by atomic mass is 10.2. The maximum atomic E-state index is 10.4. The Balaban J connectivity index is 3.39. The first-order valence-corrected chi connectivity index (χ1v) is 3.08. The first kappa shape index (κ1) is 8.34. The molecule has 0 aromatic rings. The average molecular weight is 127 g/mol. The van der Waals surface area contributed by atoms with Crippen LogP contribution in [0.3, 0.4) is 0 Å². The number of aliphatic imine (C=N–C) groups is 1. The van der Waals surface area contributed by atoms with E-state index >= 15 is 0 Å². The van der Waals surface area contributed by atoms with Gasteiger partial charge in [0.2, 0.25) is 0 Å². The first-order chi connectivity index (χ1) is 4.16. The standard InChI is InChI=1S/C7H13NO/c1-6(8-3)4-5-7(2)9/h4-5H2,1-3H3. The van der Waals surface area contributed by atoms with Gasteiger partial charge in [0.05, 0.1) is 0 Å². The summed E-state index contributed by atoms with van der Waals surface area (Å²) < 4.78 is 0. The molecule has 0 fully saturated rings. The number of ketones is 1. The van der Waals surface area contributed by atoms with Crippen LogP contribution in [0, 0.1) is 0 Å². The van der Waals surface area contributed by atoms with Gasteiger partial charge >= 0.3 is 0 Å². The molecule has 2 heteroatoms. The minimum Gasteiger partial charge on any atom is -0.300 e. The molecule has 0 unspecified atom stereocenters. The SMILES string of the molecule is CN=C(C)CCC(C)=O. The van der Waals surface area contributed by atoms with E-state index in [9.17, 15) is 4.79 Å². The van der Waals surface area contributed by atoms with Gasteiger partial charge in [-0.15, -0.1) is 0 Å². The summed E-state index contributed by atoms with van der Waals surface area (Å²) in [5.41, 5.74) is 1.05. The highest BCUT2D eigenvalue weighted by atomic mass is 16.1. The van der Waals surface area contributed by atoms with Crippen molar-refractivity contribution in [3.8, 4) is 0 Å². The predicted octanol–water partition coefficient (Wildman–Crippen LogP) is 1.45. The fourth-order valence-electron chi connectivity index (χ4n) is 0.469. The Kier molecular flexibility index (Phi) is 3.93. The molecule has 0 radical (unpaired) electrons. The summed E-state index contributed by atoms with van der Waals surface area (Å²) in [4.78, 5) is 14.3. The van der Waals surface area contributed by atoms with Crippen LogP contribution in [0.2, 0.25) is 0 Å². The van der Waals surface area contributed by atoms with Gasteiger partial charge in [-0.25, -0.2) is 0 Å². The third-order valence-corrected chi connectivity index (χ3v) is 1.22. The van der Waals surface area contributed by atoms with Gasteiger partial charge in [-0.1, -0.05) is 0 Å². The Hall–Kier alpha value is -0.660. The molecule has 0 N–H and O–H groups in total. The summed E-state index contributed by atoms with van der Waals surface area (Å²) in [7, 11) is 1.75. The zero-order valence-electron chi connectivity index (χ0n) is 6.27. The lowest BCUT2D eigenvalue weighted by Crippen LogP contribution is -1.96. The first-order valence-electron chi connectivity index (χ1n) is 3.08. The highest BCUT2D eigenvalue weighted by Crippen LogP contribution is 1.92. The Bertz CT molecular complexity index is 127. The second-order valence-electron chi connectivity index (χ2n) is 2.16. The zero-order chi connectivity index (χ0) is 7.28. The summed E-state index contributed by atoms with van der Waals surface area (Å²) in [6.45, 7) is 3.53. The third-order valence-electron chi connectivity index (χ3n) is 1.22. The maximum absolute atomic E-state index is 10.4. The van der Waals surface area contributed by atoms with E-state index < -0.39 is 0 Å². The summed E-state index contributed by atoms with van der Waals surface area (Å²) in [5.74, 6) is 0.234. The van der Waals surface area contributed by atoms with Crippen molar-refractivity contribution < 1.29 is 4.79 Å². The van der Waals surface area contributed by atoms with Gasteiger partial charge in [0.15, 0.2) is 0 Å². The lowest BCUT2D eigenvalue weighted by Gasteiger charge is -1.93. The molecule has 9 heavy (non-hydrogen) atoms. The monoisotopic (exact) mass is 127 g/mol. The number of Topliss-reactive ketones (excluding diaryl/α,β-unsaturated/α-hetero) is 1. The molecule has 2 nitrogen and oxygen atoms in total. The number of rotatable bonds is 3. The van der Waals surface area contributed by atoms with Crippen molar-refractivity contribution in [1.29, 1.82) is 0 Å². The average Bonchev–Trinajstić information content (AvgIpc) is 1.83. The molecule has 0 aromatic heterocycles. The molecule has 52 valence electrons. The predicted molar refractivity (Wildman–Crippen MR) is 38.9 cm³/mol. The minimum atomic E-state index is 0.234. The number of carbonyl (C=O) groups excluding carboxylic acids is 1. The van der Waals surface area contributed by atoms with Crippen LogP contribution in [-0.4, -0.2) is 18.5 Å². The normalized spacial score (nSPS) is 11.7. The second-order valence-corrected chi connectivity index (χ2v) is 2.16. The number of carbonyl (C=O) groups is 1. The Morgan fingerprint density at radius 2 is 1.89 bits per heavy atom. The van der Waals surface area contributed by atoms with Crippen molar-refractivity contribution in [1.82, 2.24) is 0 Å². The highest BCUT2D eigenvalue weighted by Gasteiger charge is 1.93. The van der Waals surface area contributed by atoms with E-state index in [2.05, 4.69) is 4.99 Å². The summed E-state index contributed by atoms with van der Waals surface area (Å²) >= 11 is 0. The molecule has 0 bridgehead atoms. The molecule has 0 saturated heterocycles. The van der Waals surface area contributed by atoms with E-state index in [4.69, 9.17) is 0 Å². The van der Waals surface area contributed by atoms with Gasteiger partial charge in [-0.3, -0.25) is 4.99 Å². The van der Waals surface area contributed by atoms with E-state index in [1.165, 1.54) is 0 Å². The van der Waals surface area contributed by atoms with Gasteiger partial charge < -0.3 is 4.79 Å². The van der Waals surface area contributed by atoms with Gasteiger partial charge in [-0.2, -0.15) is 0 Å². The Morgan fingerprint density at radius 3 is 2.22 bits per heavy atom. The molecule has 0 aliphatic rings. The van der Waals surface area contributed by atoms with E-state index in [1.807, 2.05) is 6.92 Å². The second kappa shape index (κ2) is 4.24. The van der Waals surface area contributed by atoms with Gasteiger partial charge in [-0.05, 0) is 20.3 Å². The minimum absolute atomic E-state index is 0.234. The number of hydrogen-bond acceptors (Lipinski definition) is 2. The molecule has 0 rings (SSSR count). The number of nitrogens with zero attached hydrogens (tertiary/aromatic N) is 1. The van der Waals surface area contributed by atoms with Gasteiger partial charge in [0.1, 0.15) is 5.78 Å². The largest absolute Gasteiger partial charge is 0.300 e. The van der Waals surface area contributed by atoms with Crippen LogP contribution in [0.1, 0.15) is 26.7 Å². The fraction of sp³-hybridized carbons (Fsp3) is 0.714. The highest BCUT2D eigenvalue weighted by molar-refractivity contribution is 5.86.